The Hall–Kier alpha value is -1.86. The van der Waals surface area contributed by atoms with Crippen molar-refractivity contribution < 1.29 is 22.9 Å². The van der Waals surface area contributed by atoms with Crippen LogP contribution in [0.3, 0.4) is 0 Å². The molecule has 0 bridgehead atoms. The molecule has 24 heavy (non-hydrogen) atoms. The Bertz CT molecular complexity index is 700. The fourth-order valence-corrected chi connectivity index (χ4v) is 4.12. The van der Waals surface area contributed by atoms with E-state index in [0.29, 0.717) is 0 Å². The fraction of sp³-hybridized carbons (Fsp3) is 0.353. The minimum atomic E-state index is -4.48. The van der Waals surface area contributed by atoms with E-state index < -0.39 is 11.7 Å². The Morgan fingerprint density at radius 2 is 2.04 bits per heavy atom. The van der Waals surface area contributed by atoms with Crippen LogP contribution in [0.4, 0.5) is 18.9 Å². The van der Waals surface area contributed by atoms with Crippen LogP contribution in [0.2, 0.25) is 0 Å². The second kappa shape index (κ2) is 6.94. The van der Waals surface area contributed by atoms with Crippen molar-refractivity contribution >= 4 is 22.9 Å². The third kappa shape index (κ3) is 3.79. The van der Waals surface area contributed by atoms with E-state index in [1.165, 1.54) is 23.1 Å². The Kier molecular flexibility index (Phi) is 4.91. The Balaban J connectivity index is 1.68. The van der Waals surface area contributed by atoms with Gasteiger partial charge in [-0.3, -0.25) is 4.79 Å². The number of nitrogens with one attached hydrogen (secondary N) is 2. The highest BCUT2D eigenvalue weighted by molar-refractivity contribution is 7.10. The average molecular weight is 355 g/mol. The van der Waals surface area contributed by atoms with Crippen LogP contribution in [0, 0.1) is 0 Å². The third-order valence-electron chi connectivity index (χ3n) is 4.26. The molecule has 2 aromatic rings. The van der Waals surface area contributed by atoms with Crippen molar-refractivity contribution in [3.63, 3.8) is 0 Å². The third-order valence-corrected chi connectivity index (χ3v) is 5.25. The Labute approximate surface area is 142 Å². The van der Waals surface area contributed by atoms with Crippen LogP contribution in [-0.4, -0.2) is 19.0 Å². The van der Waals surface area contributed by atoms with Crippen molar-refractivity contribution in [2.45, 2.75) is 25.1 Å². The maximum absolute atomic E-state index is 13.0. The number of halogens is 3. The molecule has 7 heteroatoms. The summed E-state index contributed by atoms with van der Waals surface area (Å²) in [6, 6.07) is 9.36. The first kappa shape index (κ1) is 17.0. The van der Waals surface area contributed by atoms with Gasteiger partial charge < -0.3 is 10.2 Å². The highest BCUT2D eigenvalue weighted by Gasteiger charge is 2.35. The molecule has 1 fully saturated rings. The summed E-state index contributed by atoms with van der Waals surface area (Å²) in [5.74, 6) is -0.384. The number of para-hydroxylation sites is 1. The first-order valence-electron chi connectivity index (χ1n) is 7.79. The van der Waals surface area contributed by atoms with Crippen molar-refractivity contribution in [3.8, 4) is 0 Å². The molecule has 0 radical (unpaired) electrons. The lowest BCUT2D eigenvalue weighted by Gasteiger charge is -2.20. The summed E-state index contributed by atoms with van der Waals surface area (Å²) in [4.78, 5) is 14.6. The number of benzene rings is 1. The van der Waals surface area contributed by atoms with E-state index in [4.69, 9.17) is 0 Å². The zero-order valence-electron chi connectivity index (χ0n) is 12.9. The lowest BCUT2D eigenvalue weighted by molar-refractivity contribution is -0.910. The molecular formula is C17H18F3N2OS+. The van der Waals surface area contributed by atoms with Crippen LogP contribution in [-0.2, 0) is 11.0 Å². The van der Waals surface area contributed by atoms with Gasteiger partial charge in [0.05, 0.1) is 22.7 Å². The molecule has 1 saturated heterocycles. The fourth-order valence-electron chi connectivity index (χ4n) is 3.20. The second-order valence-electron chi connectivity index (χ2n) is 5.89. The van der Waals surface area contributed by atoms with Gasteiger partial charge >= 0.3 is 6.18 Å². The van der Waals surface area contributed by atoms with E-state index in [9.17, 15) is 18.0 Å². The number of carbonyl (C=O) groups excluding carboxylic acids is 1. The quantitative estimate of drug-likeness (QED) is 0.868. The molecule has 2 heterocycles. The predicted octanol–water partition coefficient (Wildman–Crippen LogP) is 3.13. The lowest BCUT2D eigenvalue weighted by Crippen LogP contribution is -3.11. The van der Waals surface area contributed by atoms with Gasteiger partial charge in [-0.2, -0.15) is 13.2 Å². The zero-order chi connectivity index (χ0) is 17.2. The van der Waals surface area contributed by atoms with Gasteiger partial charge in [0.1, 0.15) is 6.04 Å². The molecule has 1 aliphatic heterocycles. The van der Waals surface area contributed by atoms with Crippen molar-refractivity contribution in [2.24, 2.45) is 0 Å². The molecule has 128 valence electrons. The topological polar surface area (TPSA) is 33.5 Å². The van der Waals surface area contributed by atoms with E-state index in [1.54, 1.807) is 11.3 Å². The van der Waals surface area contributed by atoms with Crippen LogP contribution in [0.15, 0.2) is 41.8 Å². The smallest absolute Gasteiger partial charge is 0.321 e. The molecule has 1 aromatic heterocycles. The van der Waals surface area contributed by atoms with Gasteiger partial charge in [0.25, 0.3) is 5.91 Å². The van der Waals surface area contributed by atoms with E-state index in [0.717, 1.165) is 30.4 Å². The SMILES string of the molecule is O=C(C[NH+]1CCC[C@@H]1c1cccs1)Nc1ccccc1C(F)(F)F. The molecule has 1 unspecified atom stereocenters. The highest BCUT2D eigenvalue weighted by atomic mass is 32.1. The average Bonchev–Trinajstić information content (AvgIpc) is 3.17. The molecule has 0 saturated carbocycles. The van der Waals surface area contributed by atoms with Crippen LogP contribution in [0.5, 0.6) is 0 Å². The second-order valence-corrected chi connectivity index (χ2v) is 6.87. The largest absolute Gasteiger partial charge is 0.418 e. The van der Waals surface area contributed by atoms with Crippen molar-refractivity contribution in [3.05, 3.63) is 52.2 Å². The summed E-state index contributed by atoms with van der Waals surface area (Å²) >= 11 is 1.66. The Morgan fingerprint density at radius 3 is 2.75 bits per heavy atom. The lowest BCUT2D eigenvalue weighted by atomic mass is 10.1. The zero-order valence-corrected chi connectivity index (χ0v) is 13.7. The van der Waals surface area contributed by atoms with Gasteiger partial charge in [0.15, 0.2) is 6.54 Å². The summed E-state index contributed by atoms with van der Waals surface area (Å²) in [6.07, 6.45) is -2.46. The van der Waals surface area contributed by atoms with Gasteiger partial charge in [-0.05, 0) is 23.6 Å². The van der Waals surface area contributed by atoms with E-state index in [-0.39, 0.29) is 24.2 Å². The number of thiophene rings is 1. The maximum Gasteiger partial charge on any atom is 0.418 e. The van der Waals surface area contributed by atoms with Gasteiger partial charge in [-0.25, -0.2) is 0 Å². The van der Waals surface area contributed by atoms with Crippen LogP contribution < -0.4 is 10.2 Å². The first-order valence-corrected chi connectivity index (χ1v) is 8.67. The molecule has 1 amide bonds. The minimum absolute atomic E-state index is 0.175. The standard InChI is InChI=1S/C17H17F3N2OS/c18-17(19,20)12-5-1-2-6-13(12)21-16(23)11-22-9-3-7-14(22)15-8-4-10-24-15/h1-2,4-6,8,10,14H,3,7,9,11H2,(H,21,23)/p+1/t14-/m1/s1. The molecule has 1 aliphatic rings. The maximum atomic E-state index is 13.0. The van der Waals surface area contributed by atoms with Gasteiger partial charge in [0.2, 0.25) is 0 Å². The number of anilines is 1. The van der Waals surface area contributed by atoms with E-state index >= 15 is 0 Å². The molecule has 2 atom stereocenters. The van der Waals surface area contributed by atoms with Crippen LogP contribution in [0.1, 0.15) is 29.3 Å². The molecular weight excluding hydrogens is 337 g/mol. The van der Waals surface area contributed by atoms with Gasteiger partial charge in [-0.15, -0.1) is 11.3 Å². The number of carbonyl (C=O) groups is 1. The summed E-state index contributed by atoms with van der Waals surface area (Å²) in [5.41, 5.74) is -0.995. The number of alkyl halides is 3. The number of quaternary nitrogens is 1. The van der Waals surface area contributed by atoms with Crippen molar-refractivity contribution in [2.75, 3.05) is 18.4 Å². The van der Waals surface area contributed by atoms with Gasteiger partial charge in [-0.1, -0.05) is 18.2 Å². The number of amides is 1. The number of rotatable bonds is 4. The summed E-state index contributed by atoms with van der Waals surface area (Å²) in [5, 5.41) is 4.44. The number of likely N-dealkylation sites (tertiary alicyclic amines) is 1. The summed E-state index contributed by atoms with van der Waals surface area (Å²) < 4.78 is 39.0. The monoisotopic (exact) mass is 355 g/mol. The minimum Gasteiger partial charge on any atom is -0.321 e. The van der Waals surface area contributed by atoms with Crippen LogP contribution in [0.25, 0.3) is 0 Å². The molecule has 3 nitrogen and oxygen atoms in total. The summed E-state index contributed by atoms with van der Waals surface area (Å²) in [7, 11) is 0. The normalized spacial score (nSPS) is 21.0. The van der Waals surface area contributed by atoms with Gasteiger partial charge in [0, 0.05) is 12.8 Å². The highest BCUT2D eigenvalue weighted by Crippen LogP contribution is 2.34. The molecule has 3 rings (SSSR count). The van der Waals surface area contributed by atoms with E-state index in [2.05, 4.69) is 11.4 Å². The number of hydrogen-bond donors (Lipinski definition) is 2. The van der Waals surface area contributed by atoms with Crippen molar-refractivity contribution in [1.29, 1.82) is 0 Å². The molecule has 0 aliphatic carbocycles. The summed E-state index contributed by atoms with van der Waals surface area (Å²) in [6.45, 7) is 1.03. The molecule has 2 N–H and O–H groups in total. The van der Waals surface area contributed by atoms with Crippen LogP contribution >= 0.6 is 11.3 Å². The predicted molar refractivity (Wildman–Crippen MR) is 87.1 cm³/mol. The Morgan fingerprint density at radius 1 is 1.25 bits per heavy atom. The van der Waals surface area contributed by atoms with E-state index in [1.807, 2.05) is 11.4 Å². The molecule has 0 spiro atoms. The number of hydrogen-bond acceptors (Lipinski definition) is 2. The molecule has 1 aromatic carbocycles. The first-order chi connectivity index (χ1) is 11.4. The van der Waals surface area contributed by atoms with Crippen molar-refractivity contribution in [1.82, 2.24) is 0 Å².